The highest BCUT2D eigenvalue weighted by molar-refractivity contribution is 5.92. The molecule has 0 radical (unpaired) electrons. The van der Waals surface area contributed by atoms with Crippen LogP contribution in [0.25, 0.3) is 0 Å². The van der Waals surface area contributed by atoms with Gasteiger partial charge in [-0.05, 0) is 50.9 Å². The second-order valence-corrected chi connectivity index (χ2v) is 7.52. The number of nitrogens with one attached hydrogen (secondary N) is 1. The lowest BCUT2D eigenvalue weighted by molar-refractivity contribution is 0.0705. The van der Waals surface area contributed by atoms with Crippen molar-refractivity contribution >= 4 is 5.91 Å². The van der Waals surface area contributed by atoms with E-state index in [4.69, 9.17) is 0 Å². The van der Waals surface area contributed by atoms with Crippen LogP contribution in [0.5, 0.6) is 0 Å². The fourth-order valence-electron chi connectivity index (χ4n) is 4.16. The van der Waals surface area contributed by atoms with E-state index in [0.717, 1.165) is 44.1 Å². The highest BCUT2D eigenvalue weighted by atomic mass is 16.2. The monoisotopic (exact) mass is 356 g/mol. The maximum absolute atomic E-state index is 12.5. The van der Waals surface area contributed by atoms with Gasteiger partial charge in [0.1, 0.15) is 17.3 Å². The number of aromatic nitrogens is 4. The van der Waals surface area contributed by atoms with E-state index in [2.05, 4.69) is 31.7 Å². The molecule has 2 saturated heterocycles. The lowest BCUT2D eigenvalue weighted by Crippen LogP contribution is -2.38. The highest BCUT2D eigenvalue weighted by Crippen LogP contribution is 2.27. The van der Waals surface area contributed by atoms with Crippen molar-refractivity contribution in [1.29, 1.82) is 0 Å². The van der Waals surface area contributed by atoms with Crippen LogP contribution in [0.1, 0.15) is 60.2 Å². The molecule has 7 nitrogen and oxygen atoms in total. The number of piperidine rings is 2. The molecule has 7 heteroatoms. The maximum Gasteiger partial charge on any atom is 0.270 e. The van der Waals surface area contributed by atoms with E-state index >= 15 is 0 Å². The number of hydrogen-bond acceptors (Lipinski definition) is 4. The van der Waals surface area contributed by atoms with Crippen molar-refractivity contribution in [1.82, 2.24) is 29.5 Å². The Morgan fingerprint density at radius 3 is 2.62 bits per heavy atom. The zero-order valence-corrected chi connectivity index (χ0v) is 15.5. The Morgan fingerprint density at radius 2 is 1.92 bits per heavy atom. The summed E-state index contributed by atoms with van der Waals surface area (Å²) in [6, 6.07) is 3.70. The molecule has 26 heavy (non-hydrogen) atoms. The summed E-state index contributed by atoms with van der Waals surface area (Å²) in [4.78, 5) is 19.9. The Labute approximate surface area is 154 Å². The number of amides is 1. The van der Waals surface area contributed by atoms with E-state index in [-0.39, 0.29) is 5.91 Å². The van der Waals surface area contributed by atoms with Crippen molar-refractivity contribution in [2.75, 3.05) is 26.2 Å². The molecule has 0 unspecified atom stereocenters. The molecule has 0 saturated carbocycles. The number of aromatic amines is 1. The number of hydrogen-bond donors (Lipinski definition) is 1. The van der Waals surface area contributed by atoms with Crippen LogP contribution in [0, 0.1) is 0 Å². The van der Waals surface area contributed by atoms with Gasteiger partial charge in [-0.25, -0.2) is 0 Å². The molecule has 2 aliphatic rings. The van der Waals surface area contributed by atoms with Crippen molar-refractivity contribution in [2.45, 2.75) is 44.6 Å². The van der Waals surface area contributed by atoms with Crippen LogP contribution in [-0.4, -0.2) is 61.6 Å². The molecule has 2 fully saturated rings. The molecule has 0 bridgehead atoms. The highest BCUT2D eigenvalue weighted by Gasteiger charge is 2.28. The molecule has 2 aliphatic heterocycles. The minimum absolute atomic E-state index is 0.0946. The van der Waals surface area contributed by atoms with Gasteiger partial charge in [-0.1, -0.05) is 6.42 Å². The minimum Gasteiger partial charge on any atom is -0.357 e. The van der Waals surface area contributed by atoms with E-state index < -0.39 is 0 Å². The molecule has 2 aromatic rings. The van der Waals surface area contributed by atoms with E-state index in [1.807, 2.05) is 17.0 Å². The van der Waals surface area contributed by atoms with Gasteiger partial charge in [0.25, 0.3) is 5.91 Å². The Hall–Kier alpha value is -2.15. The normalized spacial score (nSPS) is 19.8. The molecule has 1 amide bonds. The molecule has 0 atom stereocenters. The van der Waals surface area contributed by atoms with Gasteiger partial charge in [0, 0.05) is 32.3 Å². The number of H-pyrrole nitrogens is 1. The fourth-order valence-corrected chi connectivity index (χ4v) is 4.16. The van der Waals surface area contributed by atoms with Crippen LogP contribution in [0.2, 0.25) is 0 Å². The van der Waals surface area contributed by atoms with Gasteiger partial charge in [0.05, 0.1) is 6.54 Å². The van der Waals surface area contributed by atoms with Gasteiger partial charge in [0.2, 0.25) is 0 Å². The van der Waals surface area contributed by atoms with E-state index in [1.165, 1.54) is 32.4 Å². The molecule has 1 N–H and O–H groups in total. The largest absolute Gasteiger partial charge is 0.357 e. The Morgan fingerprint density at radius 1 is 1.15 bits per heavy atom. The average molecular weight is 356 g/mol. The molecule has 0 aromatic carbocycles. The number of nitrogens with zero attached hydrogens (tertiary/aromatic N) is 5. The Bertz CT molecular complexity index is 723. The quantitative estimate of drug-likeness (QED) is 0.911. The first kappa shape index (κ1) is 17.3. The summed E-state index contributed by atoms with van der Waals surface area (Å²) in [5.74, 6) is 2.61. The average Bonchev–Trinajstić information content (AvgIpc) is 3.33. The third-order valence-electron chi connectivity index (χ3n) is 5.79. The summed E-state index contributed by atoms with van der Waals surface area (Å²) >= 11 is 0. The van der Waals surface area contributed by atoms with Crippen LogP contribution >= 0.6 is 0 Å². The summed E-state index contributed by atoms with van der Waals surface area (Å²) in [7, 11) is 2.09. The van der Waals surface area contributed by atoms with Gasteiger partial charge >= 0.3 is 0 Å². The number of likely N-dealkylation sites (tertiary alicyclic amines) is 2. The summed E-state index contributed by atoms with van der Waals surface area (Å²) in [5, 5.41) is 8.97. The van der Waals surface area contributed by atoms with Gasteiger partial charge in [-0.15, -0.1) is 10.2 Å². The smallest absolute Gasteiger partial charge is 0.270 e. The Balaban J connectivity index is 1.36. The number of carbonyl (C=O) groups is 1. The third kappa shape index (κ3) is 3.53. The van der Waals surface area contributed by atoms with Crippen LogP contribution < -0.4 is 0 Å². The molecular weight excluding hydrogens is 328 g/mol. The molecular formula is C19H28N6O. The van der Waals surface area contributed by atoms with E-state index in [0.29, 0.717) is 11.6 Å². The summed E-state index contributed by atoms with van der Waals surface area (Å²) in [6.07, 6.45) is 7.62. The first-order valence-electron chi connectivity index (χ1n) is 9.75. The third-order valence-corrected chi connectivity index (χ3v) is 5.79. The summed E-state index contributed by atoms with van der Waals surface area (Å²) < 4.78 is 2.18. The summed E-state index contributed by atoms with van der Waals surface area (Å²) in [6.45, 7) is 4.78. The second kappa shape index (κ2) is 7.61. The van der Waals surface area contributed by atoms with Crippen LogP contribution in [0.4, 0.5) is 0 Å². The van der Waals surface area contributed by atoms with Crippen molar-refractivity contribution in [3.8, 4) is 0 Å². The molecule has 0 aliphatic carbocycles. The van der Waals surface area contributed by atoms with Crippen LogP contribution in [-0.2, 0) is 13.6 Å². The van der Waals surface area contributed by atoms with Crippen molar-refractivity contribution in [3.63, 3.8) is 0 Å². The van der Waals surface area contributed by atoms with Gasteiger partial charge in [-0.3, -0.25) is 9.69 Å². The standard InChI is InChI=1S/C19H28N6O/c1-23-17(14-24-10-3-2-4-11-24)21-22-18(23)15-7-12-25(13-8-15)19(26)16-6-5-9-20-16/h5-6,9,15,20H,2-4,7-8,10-14H2,1H3. The molecule has 4 rings (SSSR count). The fraction of sp³-hybridized carbons (Fsp3) is 0.632. The van der Waals surface area contributed by atoms with Gasteiger partial charge < -0.3 is 14.5 Å². The topological polar surface area (TPSA) is 70.1 Å². The summed E-state index contributed by atoms with van der Waals surface area (Å²) in [5.41, 5.74) is 0.672. The number of carbonyl (C=O) groups excluding carboxylic acids is 1. The van der Waals surface area contributed by atoms with E-state index in [1.54, 1.807) is 6.20 Å². The predicted octanol–water partition coefficient (Wildman–Crippen LogP) is 2.15. The van der Waals surface area contributed by atoms with Gasteiger partial charge in [0.15, 0.2) is 0 Å². The van der Waals surface area contributed by atoms with Crippen molar-refractivity contribution in [3.05, 3.63) is 35.7 Å². The molecule has 140 valence electrons. The van der Waals surface area contributed by atoms with Gasteiger partial charge in [-0.2, -0.15) is 0 Å². The van der Waals surface area contributed by atoms with Crippen LogP contribution in [0.3, 0.4) is 0 Å². The first-order valence-corrected chi connectivity index (χ1v) is 9.75. The Kier molecular flexibility index (Phi) is 5.06. The lowest BCUT2D eigenvalue weighted by Gasteiger charge is -2.31. The lowest BCUT2D eigenvalue weighted by atomic mass is 9.95. The molecule has 4 heterocycles. The molecule has 2 aromatic heterocycles. The van der Waals surface area contributed by atoms with Crippen LogP contribution in [0.15, 0.2) is 18.3 Å². The van der Waals surface area contributed by atoms with Crippen molar-refractivity contribution < 1.29 is 4.79 Å². The minimum atomic E-state index is 0.0946. The van der Waals surface area contributed by atoms with Crippen molar-refractivity contribution in [2.24, 2.45) is 7.05 Å². The predicted molar refractivity (Wildman–Crippen MR) is 98.8 cm³/mol. The second-order valence-electron chi connectivity index (χ2n) is 7.52. The number of rotatable bonds is 4. The van der Waals surface area contributed by atoms with E-state index in [9.17, 15) is 4.79 Å². The zero-order valence-electron chi connectivity index (χ0n) is 15.5. The first-order chi connectivity index (χ1) is 12.7. The SMILES string of the molecule is Cn1c(CN2CCCCC2)nnc1C1CCN(C(=O)c2ccc[nH]2)CC1. The zero-order chi connectivity index (χ0) is 17.9. The maximum atomic E-state index is 12.5. The molecule has 0 spiro atoms.